The van der Waals surface area contributed by atoms with Crippen molar-refractivity contribution in [1.82, 2.24) is 5.32 Å². The maximum atomic E-state index is 11.6. The van der Waals surface area contributed by atoms with Gasteiger partial charge in [0, 0.05) is 23.1 Å². The molecule has 1 aliphatic heterocycles. The molecule has 5 heteroatoms. The lowest BCUT2D eigenvalue weighted by Gasteiger charge is -2.10. The molecule has 0 aliphatic carbocycles. The molecule has 1 atom stereocenters. The molecule has 0 radical (unpaired) electrons. The first-order valence-electron chi connectivity index (χ1n) is 6.01. The number of hydrogen-bond acceptors (Lipinski definition) is 3. The third-order valence-electron chi connectivity index (χ3n) is 2.73. The third-order valence-corrected chi connectivity index (χ3v) is 4.00. The summed E-state index contributed by atoms with van der Waals surface area (Å²) < 4.78 is 5.44. The first kappa shape index (κ1) is 13.7. The van der Waals surface area contributed by atoms with E-state index in [0.29, 0.717) is 17.3 Å². The van der Waals surface area contributed by atoms with Crippen molar-refractivity contribution in [1.29, 1.82) is 0 Å². The first-order valence-corrected chi connectivity index (χ1v) is 7.37. The second-order valence-corrected chi connectivity index (χ2v) is 5.67. The molecule has 1 aliphatic rings. The molecule has 18 heavy (non-hydrogen) atoms. The average Bonchev–Trinajstić information content (AvgIpc) is 2.89. The zero-order chi connectivity index (χ0) is 12.8. The first-order chi connectivity index (χ1) is 8.74. The zero-order valence-corrected chi connectivity index (χ0v) is 11.6. The van der Waals surface area contributed by atoms with Gasteiger partial charge in [-0.3, -0.25) is 4.79 Å². The molecule has 0 saturated carbocycles. The summed E-state index contributed by atoms with van der Waals surface area (Å²) in [4.78, 5) is 12.7. The Labute approximate surface area is 116 Å². The van der Waals surface area contributed by atoms with E-state index in [-0.39, 0.29) is 12.0 Å². The summed E-state index contributed by atoms with van der Waals surface area (Å²) in [5.41, 5.74) is 0. The molecule has 1 aromatic carbocycles. The fourth-order valence-electron chi connectivity index (χ4n) is 1.76. The molecule has 1 aromatic rings. The lowest BCUT2D eigenvalue weighted by Crippen LogP contribution is -2.32. The third kappa shape index (κ3) is 4.52. The van der Waals surface area contributed by atoms with E-state index in [1.807, 2.05) is 24.3 Å². The van der Waals surface area contributed by atoms with Gasteiger partial charge >= 0.3 is 0 Å². The predicted molar refractivity (Wildman–Crippen MR) is 74.2 cm³/mol. The van der Waals surface area contributed by atoms with E-state index in [1.165, 1.54) is 11.8 Å². The number of thioether (sulfide) groups is 1. The van der Waals surface area contributed by atoms with E-state index in [9.17, 15) is 4.79 Å². The van der Waals surface area contributed by atoms with Gasteiger partial charge in [0.05, 0.1) is 11.9 Å². The summed E-state index contributed by atoms with van der Waals surface area (Å²) in [6.45, 7) is 1.44. The molecule has 1 heterocycles. The topological polar surface area (TPSA) is 38.3 Å². The Balaban J connectivity index is 1.66. The largest absolute Gasteiger partial charge is 0.376 e. The summed E-state index contributed by atoms with van der Waals surface area (Å²) in [6, 6.07) is 7.49. The van der Waals surface area contributed by atoms with E-state index in [4.69, 9.17) is 16.3 Å². The van der Waals surface area contributed by atoms with Gasteiger partial charge in [-0.25, -0.2) is 0 Å². The lowest BCUT2D eigenvalue weighted by molar-refractivity contribution is -0.119. The SMILES string of the molecule is O=C(CSc1ccc(Cl)cc1)NC[C@@H]1CCCO1. The highest BCUT2D eigenvalue weighted by molar-refractivity contribution is 8.00. The molecule has 1 N–H and O–H groups in total. The molecule has 98 valence electrons. The van der Waals surface area contributed by atoms with Crippen LogP contribution in [0.2, 0.25) is 5.02 Å². The Bertz CT molecular complexity index is 390. The number of nitrogens with one attached hydrogen (secondary N) is 1. The number of halogens is 1. The molecular formula is C13H16ClNO2S. The van der Waals surface area contributed by atoms with Crippen molar-refractivity contribution < 1.29 is 9.53 Å². The maximum absolute atomic E-state index is 11.6. The highest BCUT2D eigenvalue weighted by atomic mass is 35.5. The van der Waals surface area contributed by atoms with E-state index in [2.05, 4.69) is 5.32 Å². The van der Waals surface area contributed by atoms with Crippen molar-refractivity contribution in [2.24, 2.45) is 0 Å². The highest BCUT2D eigenvalue weighted by Crippen LogP contribution is 2.20. The van der Waals surface area contributed by atoms with Gasteiger partial charge in [0.1, 0.15) is 0 Å². The summed E-state index contributed by atoms with van der Waals surface area (Å²) in [5.74, 6) is 0.472. The van der Waals surface area contributed by atoms with Crippen LogP contribution in [0, 0.1) is 0 Å². The van der Waals surface area contributed by atoms with Gasteiger partial charge in [0.25, 0.3) is 0 Å². The van der Waals surface area contributed by atoms with Crippen molar-refractivity contribution in [3.8, 4) is 0 Å². The highest BCUT2D eigenvalue weighted by Gasteiger charge is 2.15. The molecule has 1 amide bonds. The summed E-state index contributed by atoms with van der Waals surface area (Å²) in [5, 5.41) is 3.61. The van der Waals surface area contributed by atoms with Gasteiger partial charge in [-0.05, 0) is 37.1 Å². The van der Waals surface area contributed by atoms with Crippen molar-refractivity contribution in [2.45, 2.75) is 23.8 Å². The Hall–Kier alpha value is -0.710. The van der Waals surface area contributed by atoms with Crippen LogP contribution >= 0.6 is 23.4 Å². The average molecular weight is 286 g/mol. The van der Waals surface area contributed by atoms with E-state index in [1.54, 1.807) is 0 Å². The monoisotopic (exact) mass is 285 g/mol. The van der Waals surface area contributed by atoms with Crippen molar-refractivity contribution in [3.63, 3.8) is 0 Å². The number of carbonyl (C=O) groups excluding carboxylic acids is 1. The Morgan fingerprint density at radius 2 is 2.22 bits per heavy atom. The van der Waals surface area contributed by atoms with Crippen molar-refractivity contribution in [3.05, 3.63) is 29.3 Å². The van der Waals surface area contributed by atoms with E-state index in [0.717, 1.165) is 24.3 Å². The lowest BCUT2D eigenvalue weighted by atomic mass is 10.2. The number of hydrogen-bond donors (Lipinski definition) is 1. The fraction of sp³-hybridized carbons (Fsp3) is 0.462. The van der Waals surface area contributed by atoms with Crippen LogP contribution in [0.15, 0.2) is 29.2 Å². The standard InChI is InChI=1S/C13H16ClNO2S/c14-10-3-5-12(6-4-10)18-9-13(16)15-8-11-2-1-7-17-11/h3-6,11H,1-2,7-9H2,(H,15,16)/t11-/m0/s1. The van der Waals surface area contributed by atoms with Crippen LogP contribution < -0.4 is 5.32 Å². The molecule has 1 saturated heterocycles. The van der Waals surface area contributed by atoms with Gasteiger partial charge in [0.15, 0.2) is 0 Å². The van der Waals surface area contributed by atoms with Gasteiger partial charge in [0.2, 0.25) is 5.91 Å². The van der Waals surface area contributed by atoms with Crippen LogP contribution in [-0.4, -0.2) is 30.9 Å². The molecule has 3 nitrogen and oxygen atoms in total. The number of benzene rings is 1. The molecule has 0 unspecified atom stereocenters. The summed E-state index contributed by atoms with van der Waals surface area (Å²) in [6.07, 6.45) is 2.35. The minimum atomic E-state index is 0.0467. The number of ether oxygens (including phenoxy) is 1. The van der Waals surface area contributed by atoms with Gasteiger partial charge in [-0.1, -0.05) is 11.6 Å². The molecular weight excluding hydrogens is 270 g/mol. The van der Waals surface area contributed by atoms with Crippen molar-refractivity contribution >= 4 is 29.3 Å². The van der Waals surface area contributed by atoms with Gasteiger partial charge < -0.3 is 10.1 Å². The number of amides is 1. The fourth-order valence-corrected chi connectivity index (χ4v) is 2.62. The number of rotatable bonds is 5. The van der Waals surface area contributed by atoms with Crippen LogP contribution in [0.4, 0.5) is 0 Å². The second-order valence-electron chi connectivity index (χ2n) is 4.18. The van der Waals surface area contributed by atoms with E-state index < -0.39 is 0 Å². The summed E-state index contributed by atoms with van der Waals surface area (Å²) in [7, 11) is 0. The Morgan fingerprint density at radius 3 is 2.89 bits per heavy atom. The van der Waals surface area contributed by atoms with Crippen LogP contribution in [0.1, 0.15) is 12.8 Å². The van der Waals surface area contributed by atoms with Crippen molar-refractivity contribution in [2.75, 3.05) is 18.9 Å². The molecule has 0 bridgehead atoms. The molecule has 2 rings (SSSR count). The van der Waals surface area contributed by atoms with Crippen LogP contribution in [0.25, 0.3) is 0 Å². The minimum Gasteiger partial charge on any atom is -0.376 e. The minimum absolute atomic E-state index is 0.0467. The van der Waals surface area contributed by atoms with Crippen LogP contribution in [0.5, 0.6) is 0 Å². The molecule has 0 spiro atoms. The normalized spacial score (nSPS) is 18.8. The van der Waals surface area contributed by atoms with Crippen LogP contribution in [-0.2, 0) is 9.53 Å². The predicted octanol–water partition coefficient (Wildman–Crippen LogP) is 2.73. The molecule has 1 fully saturated rings. The Kier molecular flexibility index (Phi) is 5.35. The Morgan fingerprint density at radius 1 is 1.44 bits per heavy atom. The summed E-state index contributed by atoms with van der Waals surface area (Å²) >= 11 is 7.30. The van der Waals surface area contributed by atoms with Gasteiger partial charge in [-0.2, -0.15) is 0 Å². The zero-order valence-electron chi connectivity index (χ0n) is 10.0. The smallest absolute Gasteiger partial charge is 0.230 e. The number of carbonyl (C=O) groups is 1. The van der Waals surface area contributed by atoms with Gasteiger partial charge in [-0.15, -0.1) is 11.8 Å². The maximum Gasteiger partial charge on any atom is 0.230 e. The van der Waals surface area contributed by atoms with Crippen LogP contribution in [0.3, 0.4) is 0 Å². The van der Waals surface area contributed by atoms with E-state index >= 15 is 0 Å². The quantitative estimate of drug-likeness (QED) is 0.846. The molecule has 0 aromatic heterocycles. The second kappa shape index (κ2) is 7.02.